The fraction of sp³-hybridized carbons (Fsp3) is 0.312. The average Bonchev–Trinajstić information content (AvgIpc) is 2.99. The first-order chi connectivity index (χ1) is 11.0. The van der Waals surface area contributed by atoms with Crippen LogP contribution in [0.2, 0.25) is 0 Å². The van der Waals surface area contributed by atoms with E-state index >= 15 is 0 Å². The first kappa shape index (κ1) is 17.1. The molecule has 0 spiro atoms. The maximum Gasteiger partial charge on any atom is 0.331 e. The van der Waals surface area contributed by atoms with Gasteiger partial charge >= 0.3 is 5.97 Å². The van der Waals surface area contributed by atoms with Gasteiger partial charge in [0.1, 0.15) is 0 Å². The fourth-order valence-corrected chi connectivity index (χ4v) is 2.57. The summed E-state index contributed by atoms with van der Waals surface area (Å²) in [7, 11) is 0. The van der Waals surface area contributed by atoms with Gasteiger partial charge in [0, 0.05) is 16.5 Å². The van der Waals surface area contributed by atoms with Gasteiger partial charge in [-0.2, -0.15) is 0 Å². The zero-order valence-electron chi connectivity index (χ0n) is 12.9. The van der Waals surface area contributed by atoms with Crippen LogP contribution < -0.4 is 5.32 Å². The number of carbonyl (C=O) groups is 2. The Morgan fingerprint density at radius 2 is 2.04 bits per heavy atom. The van der Waals surface area contributed by atoms with E-state index in [1.807, 2.05) is 12.3 Å². The third-order valence-corrected chi connectivity index (χ3v) is 3.89. The second kappa shape index (κ2) is 7.85. The predicted octanol–water partition coefficient (Wildman–Crippen LogP) is 1.77. The van der Waals surface area contributed by atoms with Crippen molar-refractivity contribution in [1.29, 1.82) is 0 Å². The number of carbonyl (C=O) groups excluding carboxylic acids is 2. The van der Waals surface area contributed by atoms with Crippen molar-refractivity contribution in [3.8, 4) is 11.3 Å². The molecule has 0 aliphatic heterocycles. The number of aromatic nitrogens is 1. The first-order valence-electron chi connectivity index (χ1n) is 7.16. The molecule has 0 saturated carbocycles. The Labute approximate surface area is 138 Å². The Balaban J connectivity index is 2.06. The summed E-state index contributed by atoms with van der Waals surface area (Å²) >= 11 is 1.56. The van der Waals surface area contributed by atoms with Crippen LogP contribution in [0.15, 0.2) is 29.6 Å². The molecule has 1 heterocycles. The van der Waals surface area contributed by atoms with E-state index in [4.69, 9.17) is 4.74 Å². The third-order valence-electron chi connectivity index (χ3n) is 3.12. The van der Waals surface area contributed by atoms with Crippen LogP contribution in [0.5, 0.6) is 0 Å². The summed E-state index contributed by atoms with van der Waals surface area (Å²) in [6.07, 6.45) is 0. The lowest BCUT2D eigenvalue weighted by Crippen LogP contribution is -2.44. The average molecular weight is 334 g/mol. The van der Waals surface area contributed by atoms with Gasteiger partial charge in [-0.25, -0.2) is 9.78 Å². The Morgan fingerprint density at radius 3 is 2.57 bits per heavy atom. The minimum atomic E-state index is -1.07. The fourth-order valence-electron chi connectivity index (χ4n) is 1.95. The molecule has 2 aromatic rings. The standard InChI is InChI=1S/C16H18N2O4S/c1-3-22-16(21)13(8-19)18-15(20)12-6-4-11(5-7-12)14-9-23-10(2)17-14/h4-7,9,13,19H,3,8H2,1-2H3,(H,18,20)/t13-/m0/s1. The molecule has 122 valence electrons. The van der Waals surface area contributed by atoms with Gasteiger partial charge in [0.05, 0.1) is 23.9 Å². The second-order valence-electron chi connectivity index (χ2n) is 4.79. The summed E-state index contributed by atoms with van der Waals surface area (Å²) in [6, 6.07) is 5.82. The van der Waals surface area contributed by atoms with E-state index in [0.717, 1.165) is 16.3 Å². The topological polar surface area (TPSA) is 88.5 Å². The number of hydrogen-bond donors (Lipinski definition) is 2. The highest BCUT2D eigenvalue weighted by Crippen LogP contribution is 2.21. The van der Waals surface area contributed by atoms with Gasteiger partial charge in [0.25, 0.3) is 5.91 Å². The summed E-state index contributed by atoms with van der Waals surface area (Å²) in [6.45, 7) is 3.27. The quantitative estimate of drug-likeness (QED) is 0.786. The Hall–Kier alpha value is -2.25. The highest BCUT2D eigenvalue weighted by molar-refractivity contribution is 7.09. The number of aryl methyl sites for hydroxylation is 1. The van der Waals surface area contributed by atoms with Crippen LogP contribution >= 0.6 is 11.3 Å². The van der Waals surface area contributed by atoms with E-state index in [1.54, 1.807) is 42.5 Å². The van der Waals surface area contributed by atoms with E-state index in [-0.39, 0.29) is 6.61 Å². The van der Waals surface area contributed by atoms with Crippen LogP contribution in [0.1, 0.15) is 22.3 Å². The lowest BCUT2D eigenvalue weighted by molar-refractivity contribution is -0.146. The van der Waals surface area contributed by atoms with Crippen molar-refractivity contribution in [2.24, 2.45) is 0 Å². The number of benzene rings is 1. The number of amides is 1. The van der Waals surface area contributed by atoms with Crippen molar-refractivity contribution < 1.29 is 19.4 Å². The summed E-state index contributed by atoms with van der Waals surface area (Å²) in [5.74, 6) is -1.10. The smallest absolute Gasteiger partial charge is 0.331 e. The summed E-state index contributed by atoms with van der Waals surface area (Å²) < 4.78 is 4.79. The van der Waals surface area contributed by atoms with E-state index < -0.39 is 24.5 Å². The minimum absolute atomic E-state index is 0.187. The summed E-state index contributed by atoms with van der Waals surface area (Å²) in [5, 5.41) is 14.6. The minimum Gasteiger partial charge on any atom is -0.464 e. The van der Waals surface area contributed by atoms with Crippen molar-refractivity contribution >= 4 is 23.2 Å². The Bertz CT molecular complexity index is 682. The molecular formula is C16H18N2O4S. The number of thiazole rings is 1. The maximum absolute atomic E-state index is 12.1. The molecule has 2 N–H and O–H groups in total. The molecule has 0 aliphatic carbocycles. The molecule has 0 fully saturated rings. The highest BCUT2D eigenvalue weighted by Gasteiger charge is 2.21. The number of rotatable bonds is 6. The molecule has 1 atom stereocenters. The number of hydrogen-bond acceptors (Lipinski definition) is 6. The van der Waals surface area contributed by atoms with Gasteiger partial charge in [-0.1, -0.05) is 12.1 Å². The number of ether oxygens (including phenoxy) is 1. The van der Waals surface area contributed by atoms with Crippen LogP contribution in [0.4, 0.5) is 0 Å². The highest BCUT2D eigenvalue weighted by atomic mass is 32.1. The molecule has 7 heteroatoms. The van der Waals surface area contributed by atoms with E-state index in [2.05, 4.69) is 10.3 Å². The van der Waals surface area contributed by atoms with Gasteiger partial charge in [-0.3, -0.25) is 4.79 Å². The lowest BCUT2D eigenvalue weighted by Gasteiger charge is -2.14. The number of esters is 1. The molecule has 0 saturated heterocycles. The van der Waals surface area contributed by atoms with Gasteiger partial charge in [-0.05, 0) is 26.0 Å². The van der Waals surface area contributed by atoms with E-state index in [0.29, 0.717) is 5.56 Å². The first-order valence-corrected chi connectivity index (χ1v) is 8.04. The molecule has 0 bridgehead atoms. The van der Waals surface area contributed by atoms with Crippen LogP contribution in [-0.4, -0.2) is 41.2 Å². The lowest BCUT2D eigenvalue weighted by atomic mass is 10.1. The third kappa shape index (κ3) is 4.37. The predicted molar refractivity (Wildman–Crippen MR) is 87.3 cm³/mol. The molecule has 2 rings (SSSR count). The van der Waals surface area contributed by atoms with Crippen LogP contribution in [-0.2, 0) is 9.53 Å². The van der Waals surface area contributed by atoms with Crippen molar-refractivity contribution in [2.75, 3.05) is 13.2 Å². The monoisotopic (exact) mass is 334 g/mol. The van der Waals surface area contributed by atoms with Crippen molar-refractivity contribution in [3.05, 3.63) is 40.2 Å². The number of aliphatic hydroxyl groups is 1. The molecular weight excluding hydrogens is 316 g/mol. The number of nitrogens with one attached hydrogen (secondary N) is 1. The Kier molecular flexibility index (Phi) is 5.84. The summed E-state index contributed by atoms with van der Waals surface area (Å²) in [4.78, 5) is 28.1. The molecule has 6 nitrogen and oxygen atoms in total. The normalized spacial score (nSPS) is 11.8. The van der Waals surface area contributed by atoms with Crippen LogP contribution in [0.3, 0.4) is 0 Å². The van der Waals surface area contributed by atoms with Crippen LogP contribution in [0, 0.1) is 6.92 Å². The summed E-state index contributed by atoms with van der Waals surface area (Å²) in [5.41, 5.74) is 2.16. The Morgan fingerprint density at radius 1 is 1.35 bits per heavy atom. The van der Waals surface area contributed by atoms with Gasteiger partial charge < -0.3 is 15.2 Å². The molecule has 0 aliphatic rings. The van der Waals surface area contributed by atoms with Gasteiger partial charge in [0.2, 0.25) is 0 Å². The zero-order valence-corrected chi connectivity index (χ0v) is 13.7. The second-order valence-corrected chi connectivity index (χ2v) is 5.85. The molecule has 1 aromatic heterocycles. The van der Waals surface area contributed by atoms with Crippen molar-refractivity contribution in [1.82, 2.24) is 10.3 Å². The maximum atomic E-state index is 12.1. The van der Waals surface area contributed by atoms with Crippen molar-refractivity contribution in [2.45, 2.75) is 19.9 Å². The largest absolute Gasteiger partial charge is 0.464 e. The molecule has 0 unspecified atom stereocenters. The van der Waals surface area contributed by atoms with Crippen molar-refractivity contribution in [3.63, 3.8) is 0 Å². The number of nitrogens with zero attached hydrogens (tertiary/aromatic N) is 1. The van der Waals surface area contributed by atoms with Gasteiger partial charge in [0.15, 0.2) is 6.04 Å². The molecule has 23 heavy (non-hydrogen) atoms. The number of aliphatic hydroxyl groups excluding tert-OH is 1. The van der Waals surface area contributed by atoms with E-state index in [1.165, 1.54) is 0 Å². The van der Waals surface area contributed by atoms with Gasteiger partial charge in [-0.15, -0.1) is 11.3 Å². The molecule has 0 radical (unpaired) electrons. The molecule has 1 aromatic carbocycles. The van der Waals surface area contributed by atoms with Crippen LogP contribution in [0.25, 0.3) is 11.3 Å². The van der Waals surface area contributed by atoms with E-state index in [9.17, 15) is 14.7 Å². The zero-order chi connectivity index (χ0) is 16.8. The molecule has 1 amide bonds. The SMILES string of the molecule is CCOC(=O)[C@H](CO)NC(=O)c1ccc(-c2csc(C)n2)cc1.